The van der Waals surface area contributed by atoms with E-state index in [2.05, 4.69) is 4.98 Å². The summed E-state index contributed by atoms with van der Waals surface area (Å²) >= 11 is 0. The second kappa shape index (κ2) is 5.08. The van der Waals surface area contributed by atoms with Crippen molar-refractivity contribution in [3.05, 3.63) is 47.3 Å². The summed E-state index contributed by atoms with van der Waals surface area (Å²) in [5.41, 5.74) is 4.83. The molecule has 0 amide bonds. The van der Waals surface area contributed by atoms with Crippen LogP contribution in [0.25, 0.3) is 11.1 Å². The topological polar surface area (TPSA) is 42.1 Å². The first kappa shape index (κ1) is 12.4. The molecule has 0 aliphatic carbocycles. The molecule has 0 saturated heterocycles. The lowest BCUT2D eigenvalue weighted by molar-refractivity contribution is 0.0521. The van der Waals surface area contributed by atoms with Crippen molar-refractivity contribution in [3.63, 3.8) is 0 Å². The minimum absolute atomic E-state index is 0.305. The number of esters is 1. The molecule has 0 atom stereocenters. The molecule has 2 rings (SSSR count). The van der Waals surface area contributed by atoms with Crippen LogP contribution in [0.15, 0.2) is 30.5 Å². The number of hydrogen-bond acceptors (Lipinski definition) is 2. The molecular weight excluding hydrogens is 226 g/mol. The summed E-state index contributed by atoms with van der Waals surface area (Å²) in [7, 11) is 0. The Balaban J connectivity index is 2.52. The summed E-state index contributed by atoms with van der Waals surface area (Å²) in [4.78, 5) is 14.8. The Labute approximate surface area is 107 Å². The maximum atomic E-state index is 11.9. The van der Waals surface area contributed by atoms with Crippen LogP contribution in [0.3, 0.4) is 0 Å². The predicted octanol–water partition coefficient (Wildman–Crippen LogP) is 3.48. The molecule has 1 N–H and O–H groups in total. The van der Waals surface area contributed by atoms with Gasteiger partial charge in [0.05, 0.1) is 6.61 Å². The van der Waals surface area contributed by atoms with E-state index in [1.54, 1.807) is 13.1 Å². The molecule has 3 nitrogen and oxygen atoms in total. The molecule has 0 aliphatic heterocycles. The summed E-state index contributed by atoms with van der Waals surface area (Å²) < 4.78 is 5.06. The molecule has 1 aromatic heterocycles. The van der Waals surface area contributed by atoms with Crippen LogP contribution in [0.2, 0.25) is 0 Å². The highest BCUT2D eigenvalue weighted by molar-refractivity contribution is 5.96. The van der Waals surface area contributed by atoms with Crippen molar-refractivity contribution in [2.45, 2.75) is 20.8 Å². The Bertz CT molecular complexity index is 549. The zero-order valence-corrected chi connectivity index (χ0v) is 10.9. The van der Waals surface area contributed by atoms with E-state index in [-0.39, 0.29) is 5.97 Å². The molecule has 0 radical (unpaired) electrons. The van der Waals surface area contributed by atoms with Gasteiger partial charge in [-0.05, 0) is 43.5 Å². The lowest BCUT2D eigenvalue weighted by Crippen LogP contribution is -2.07. The zero-order valence-electron chi connectivity index (χ0n) is 10.9. The average molecular weight is 243 g/mol. The van der Waals surface area contributed by atoms with E-state index in [1.807, 2.05) is 38.1 Å². The van der Waals surface area contributed by atoms with Crippen molar-refractivity contribution in [3.8, 4) is 11.1 Å². The van der Waals surface area contributed by atoms with E-state index < -0.39 is 0 Å². The number of carbonyl (C=O) groups is 1. The van der Waals surface area contributed by atoms with Crippen molar-refractivity contribution >= 4 is 5.97 Å². The molecule has 1 heterocycles. The first-order chi connectivity index (χ1) is 8.65. The summed E-state index contributed by atoms with van der Waals surface area (Å²) in [6.07, 6.45) is 1.77. The minimum atomic E-state index is -0.305. The number of carbonyl (C=O) groups excluding carboxylic acids is 1. The van der Waals surface area contributed by atoms with Crippen molar-refractivity contribution in [1.82, 2.24) is 4.98 Å². The van der Waals surface area contributed by atoms with Gasteiger partial charge in [0.1, 0.15) is 5.69 Å². The lowest BCUT2D eigenvalue weighted by Gasteiger charge is -2.10. The number of benzene rings is 1. The van der Waals surface area contributed by atoms with E-state index in [1.165, 1.54) is 0 Å². The van der Waals surface area contributed by atoms with Gasteiger partial charge in [0.15, 0.2) is 0 Å². The lowest BCUT2D eigenvalue weighted by atomic mass is 9.96. The Morgan fingerprint density at radius 1 is 1.22 bits per heavy atom. The van der Waals surface area contributed by atoms with Crippen LogP contribution in [0.5, 0.6) is 0 Å². The number of ether oxygens (including phenoxy) is 1. The number of hydrogen-bond donors (Lipinski definition) is 1. The van der Waals surface area contributed by atoms with Gasteiger partial charge in [-0.25, -0.2) is 4.79 Å². The fourth-order valence-electron chi connectivity index (χ4n) is 2.19. The maximum Gasteiger partial charge on any atom is 0.355 e. The van der Waals surface area contributed by atoms with Crippen LogP contribution in [0.4, 0.5) is 0 Å². The summed E-state index contributed by atoms with van der Waals surface area (Å²) in [6.45, 7) is 6.28. The summed E-state index contributed by atoms with van der Waals surface area (Å²) in [5.74, 6) is -0.305. The van der Waals surface area contributed by atoms with Crippen LogP contribution in [-0.4, -0.2) is 17.6 Å². The largest absolute Gasteiger partial charge is 0.461 e. The van der Waals surface area contributed by atoms with Gasteiger partial charge >= 0.3 is 5.97 Å². The fourth-order valence-corrected chi connectivity index (χ4v) is 2.19. The highest BCUT2D eigenvalue weighted by Gasteiger charge is 2.17. The zero-order chi connectivity index (χ0) is 13.1. The Morgan fingerprint density at radius 2 is 1.89 bits per heavy atom. The predicted molar refractivity (Wildman–Crippen MR) is 71.7 cm³/mol. The third-order valence-corrected chi connectivity index (χ3v) is 2.98. The Hall–Kier alpha value is -2.03. The molecule has 0 spiro atoms. The molecule has 18 heavy (non-hydrogen) atoms. The van der Waals surface area contributed by atoms with E-state index in [9.17, 15) is 4.79 Å². The van der Waals surface area contributed by atoms with Crippen molar-refractivity contribution in [2.75, 3.05) is 6.61 Å². The van der Waals surface area contributed by atoms with E-state index in [4.69, 9.17) is 4.74 Å². The van der Waals surface area contributed by atoms with Gasteiger partial charge in [0, 0.05) is 11.8 Å². The molecule has 0 unspecified atom stereocenters. The van der Waals surface area contributed by atoms with Crippen LogP contribution in [0.1, 0.15) is 28.5 Å². The highest BCUT2D eigenvalue weighted by atomic mass is 16.5. The highest BCUT2D eigenvalue weighted by Crippen LogP contribution is 2.29. The number of rotatable bonds is 3. The molecule has 1 aromatic carbocycles. The average Bonchev–Trinajstić information content (AvgIpc) is 2.78. The van der Waals surface area contributed by atoms with E-state index in [0.717, 1.165) is 22.3 Å². The molecule has 0 bridgehead atoms. The molecule has 0 aliphatic rings. The van der Waals surface area contributed by atoms with Gasteiger partial charge in [-0.2, -0.15) is 0 Å². The smallest absolute Gasteiger partial charge is 0.355 e. The molecule has 0 fully saturated rings. The molecule has 0 saturated carbocycles. The third-order valence-electron chi connectivity index (χ3n) is 2.98. The number of aromatic amines is 1. The molecule has 3 heteroatoms. The first-order valence-electron chi connectivity index (χ1n) is 6.06. The minimum Gasteiger partial charge on any atom is -0.461 e. The van der Waals surface area contributed by atoms with Crippen LogP contribution >= 0.6 is 0 Å². The standard InChI is InChI=1S/C15H17NO2/c1-4-18-15(17)14-12(8-9-16-14)13-10(2)6-5-7-11(13)3/h5-9,16H,4H2,1-3H3. The van der Waals surface area contributed by atoms with Gasteiger partial charge < -0.3 is 9.72 Å². The fraction of sp³-hybridized carbons (Fsp3) is 0.267. The number of nitrogens with one attached hydrogen (secondary N) is 1. The SMILES string of the molecule is CCOC(=O)c1[nH]ccc1-c1c(C)cccc1C. The molecular formula is C15H17NO2. The molecule has 2 aromatic rings. The van der Waals surface area contributed by atoms with Crippen LogP contribution in [-0.2, 0) is 4.74 Å². The van der Waals surface area contributed by atoms with Crippen LogP contribution < -0.4 is 0 Å². The second-order valence-corrected chi connectivity index (χ2v) is 4.25. The van der Waals surface area contributed by atoms with Gasteiger partial charge in [0.2, 0.25) is 0 Å². The second-order valence-electron chi connectivity index (χ2n) is 4.25. The Kier molecular flexibility index (Phi) is 3.51. The van der Waals surface area contributed by atoms with Crippen LogP contribution in [0, 0.1) is 13.8 Å². The number of aromatic nitrogens is 1. The van der Waals surface area contributed by atoms with E-state index >= 15 is 0 Å². The third kappa shape index (κ3) is 2.16. The maximum absolute atomic E-state index is 11.9. The summed E-state index contributed by atoms with van der Waals surface area (Å²) in [6, 6.07) is 8.03. The summed E-state index contributed by atoms with van der Waals surface area (Å²) in [5, 5.41) is 0. The first-order valence-corrected chi connectivity index (χ1v) is 6.06. The van der Waals surface area contributed by atoms with Gasteiger partial charge in [0.25, 0.3) is 0 Å². The van der Waals surface area contributed by atoms with Crippen molar-refractivity contribution in [2.24, 2.45) is 0 Å². The van der Waals surface area contributed by atoms with Crippen molar-refractivity contribution < 1.29 is 9.53 Å². The van der Waals surface area contributed by atoms with Gasteiger partial charge in [-0.3, -0.25) is 0 Å². The number of H-pyrrole nitrogens is 1. The molecule has 94 valence electrons. The van der Waals surface area contributed by atoms with Crippen molar-refractivity contribution in [1.29, 1.82) is 0 Å². The van der Waals surface area contributed by atoms with Gasteiger partial charge in [-0.1, -0.05) is 18.2 Å². The van der Waals surface area contributed by atoms with Gasteiger partial charge in [-0.15, -0.1) is 0 Å². The normalized spacial score (nSPS) is 10.4. The number of aryl methyl sites for hydroxylation is 2. The monoisotopic (exact) mass is 243 g/mol. The quantitative estimate of drug-likeness (QED) is 0.839. The van der Waals surface area contributed by atoms with E-state index in [0.29, 0.717) is 12.3 Å². The Morgan fingerprint density at radius 3 is 2.50 bits per heavy atom.